The van der Waals surface area contributed by atoms with Gasteiger partial charge in [0.05, 0.1) is 15.5 Å². The zero-order valence-electron chi connectivity index (χ0n) is 11.8. The topological polar surface area (TPSA) is 97.5 Å². The molecule has 9 heteroatoms. The second-order valence-electron chi connectivity index (χ2n) is 5.12. The Kier molecular flexibility index (Phi) is 3.99. The number of nitrogens with two attached hydrogens (primary N) is 1. The van der Waals surface area contributed by atoms with Gasteiger partial charge in [-0.3, -0.25) is 4.31 Å². The molecule has 0 aliphatic carbocycles. The monoisotopic (exact) mass is 416 g/mol. The number of sulfonamides is 2. The lowest BCUT2D eigenvalue weighted by Crippen LogP contribution is -2.29. The fraction of sp³-hybridized carbons (Fsp3) is 0.143. The number of benzene rings is 2. The maximum Gasteiger partial charge on any atom is 0.264 e. The van der Waals surface area contributed by atoms with Gasteiger partial charge in [0.25, 0.3) is 10.0 Å². The minimum atomic E-state index is -3.81. The maximum atomic E-state index is 12.8. The van der Waals surface area contributed by atoms with Crippen LogP contribution in [0.5, 0.6) is 0 Å². The van der Waals surface area contributed by atoms with Crippen LogP contribution < -0.4 is 9.44 Å². The second kappa shape index (κ2) is 5.59. The molecular weight excluding hydrogens is 404 g/mol. The summed E-state index contributed by atoms with van der Waals surface area (Å²) < 4.78 is 50.4. The van der Waals surface area contributed by atoms with Gasteiger partial charge in [-0.15, -0.1) is 0 Å². The quantitative estimate of drug-likeness (QED) is 0.824. The molecule has 2 aromatic rings. The number of hydrogen-bond acceptors (Lipinski definition) is 4. The Morgan fingerprint density at radius 1 is 1.00 bits per heavy atom. The van der Waals surface area contributed by atoms with Gasteiger partial charge < -0.3 is 0 Å². The van der Waals surface area contributed by atoms with Crippen LogP contribution in [-0.4, -0.2) is 23.4 Å². The molecule has 0 spiro atoms. The predicted molar refractivity (Wildman–Crippen MR) is 90.2 cm³/mol. The van der Waals surface area contributed by atoms with Gasteiger partial charge in [-0.2, -0.15) is 0 Å². The van der Waals surface area contributed by atoms with Crippen molar-refractivity contribution in [2.24, 2.45) is 5.14 Å². The van der Waals surface area contributed by atoms with Crippen molar-refractivity contribution in [2.45, 2.75) is 16.2 Å². The smallest absolute Gasteiger partial charge is 0.264 e. The standard InChI is InChI=1S/C14H13BrN2O4S2/c15-11-2-1-3-13(9-11)23(20,21)17-7-6-10-8-12(22(16,18)19)4-5-14(10)17/h1-5,8-9H,6-7H2,(H2,16,18,19). The largest absolute Gasteiger partial charge is 0.266 e. The number of anilines is 1. The average molecular weight is 417 g/mol. The lowest BCUT2D eigenvalue weighted by atomic mass is 10.2. The Morgan fingerprint density at radius 2 is 1.74 bits per heavy atom. The maximum absolute atomic E-state index is 12.8. The van der Waals surface area contributed by atoms with Crippen LogP contribution in [-0.2, 0) is 26.5 Å². The summed E-state index contributed by atoms with van der Waals surface area (Å²) in [7, 11) is -7.51. The molecule has 0 fully saturated rings. The number of rotatable bonds is 3. The molecular formula is C14H13BrN2O4S2. The van der Waals surface area contributed by atoms with Crippen molar-refractivity contribution in [3.63, 3.8) is 0 Å². The highest BCUT2D eigenvalue weighted by molar-refractivity contribution is 9.10. The first-order valence-corrected chi connectivity index (χ1v) is 10.4. The van der Waals surface area contributed by atoms with E-state index in [4.69, 9.17) is 5.14 Å². The van der Waals surface area contributed by atoms with E-state index in [2.05, 4.69) is 15.9 Å². The molecule has 0 atom stereocenters. The van der Waals surface area contributed by atoms with Crippen LogP contribution in [0.3, 0.4) is 0 Å². The molecule has 1 aliphatic heterocycles. The van der Waals surface area contributed by atoms with Gasteiger partial charge >= 0.3 is 0 Å². The minimum Gasteiger partial charge on any atom is -0.266 e. The molecule has 2 N–H and O–H groups in total. The molecule has 0 unspecified atom stereocenters. The SMILES string of the molecule is NS(=O)(=O)c1ccc2c(c1)CCN2S(=O)(=O)c1cccc(Br)c1. The summed E-state index contributed by atoms with van der Waals surface area (Å²) in [5.74, 6) is 0. The zero-order chi connectivity index (χ0) is 16.8. The van der Waals surface area contributed by atoms with E-state index < -0.39 is 20.0 Å². The van der Waals surface area contributed by atoms with E-state index >= 15 is 0 Å². The summed E-state index contributed by atoms with van der Waals surface area (Å²) in [6, 6.07) is 10.7. The summed E-state index contributed by atoms with van der Waals surface area (Å²) >= 11 is 3.26. The highest BCUT2D eigenvalue weighted by Crippen LogP contribution is 2.34. The van der Waals surface area contributed by atoms with Crippen LogP contribution in [0.25, 0.3) is 0 Å². The molecule has 0 amide bonds. The molecule has 0 aromatic heterocycles. The van der Waals surface area contributed by atoms with Crippen molar-refractivity contribution in [3.05, 3.63) is 52.5 Å². The Hall–Kier alpha value is -1.42. The minimum absolute atomic E-state index is 0.0158. The lowest BCUT2D eigenvalue weighted by molar-refractivity contribution is 0.592. The molecule has 23 heavy (non-hydrogen) atoms. The lowest BCUT2D eigenvalue weighted by Gasteiger charge is -2.19. The number of fused-ring (bicyclic) bond motifs is 1. The van der Waals surface area contributed by atoms with Gasteiger partial charge in [-0.05, 0) is 48.4 Å². The molecule has 0 bridgehead atoms. The Labute approximate surface area is 143 Å². The fourth-order valence-corrected chi connectivity index (χ4v) is 5.19. The Bertz CT molecular complexity index is 988. The van der Waals surface area contributed by atoms with E-state index in [0.29, 0.717) is 22.1 Å². The third kappa shape index (κ3) is 3.01. The van der Waals surface area contributed by atoms with Crippen LogP contribution in [0.2, 0.25) is 0 Å². The number of nitrogens with zero attached hydrogens (tertiary/aromatic N) is 1. The summed E-state index contributed by atoms with van der Waals surface area (Å²) in [4.78, 5) is 0.160. The molecule has 1 aliphatic rings. The first-order valence-electron chi connectivity index (χ1n) is 6.63. The first kappa shape index (κ1) is 16.4. The van der Waals surface area contributed by atoms with Crippen LogP contribution in [0, 0.1) is 0 Å². The summed E-state index contributed by atoms with van der Waals surface area (Å²) in [5, 5.41) is 5.11. The Morgan fingerprint density at radius 3 is 2.39 bits per heavy atom. The van der Waals surface area contributed by atoms with E-state index in [0.717, 1.165) is 0 Å². The van der Waals surface area contributed by atoms with E-state index in [1.165, 1.54) is 34.6 Å². The molecule has 6 nitrogen and oxygen atoms in total. The van der Waals surface area contributed by atoms with Crippen molar-refractivity contribution in [1.82, 2.24) is 0 Å². The van der Waals surface area contributed by atoms with Crippen molar-refractivity contribution in [2.75, 3.05) is 10.8 Å². The van der Waals surface area contributed by atoms with E-state index in [-0.39, 0.29) is 16.3 Å². The number of primary sulfonamides is 1. The Balaban J connectivity index is 2.06. The molecule has 2 aromatic carbocycles. The molecule has 3 rings (SSSR count). The highest BCUT2D eigenvalue weighted by Gasteiger charge is 2.31. The van der Waals surface area contributed by atoms with Gasteiger partial charge in [0.1, 0.15) is 0 Å². The molecule has 122 valence electrons. The second-order valence-corrected chi connectivity index (χ2v) is 9.46. The van der Waals surface area contributed by atoms with Crippen molar-refractivity contribution >= 4 is 41.7 Å². The molecule has 0 saturated carbocycles. The van der Waals surface area contributed by atoms with Crippen molar-refractivity contribution in [3.8, 4) is 0 Å². The van der Waals surface area contributed by atoms with E-state index in [1.54, 1.807) is 12.1 Å². The number of halogens is 1. The highest BCUT2D eigenvalue weighted by atomic mass is 79.9. The molecule has 0 radical (unpaired) electrons. The van der Waals surface area contributed by atoms with Crippen molar-refractivity contribution in [1.29, 1.82) is 0 Å². The molecule has 1 heterocycles. The third-order valence-corrected chi connectivity index (χ3v) is 6.83. The first-order chi connectivity index (χ1) is 10.7. The third-order valence-electron chi connectivity index (χ3n) is 3.62. The van der Waals surface area contributed by atoms with Crippen LogP contribution in [0.1, 0.15) is 5.56 Å². The van der Waals surface area contributed by atoms with Gasteiger partial charge in [0.15, 0.2) is 0 Å². The van der Waals surface area contributed by atoms with Crippen LogP contribution >= 0.6 is 15.9 Å². The average Bonchev–Trinajstić information content (AvgIpc) is 2.90. The van der Waals surface area contributed by atoms with E-state index in [9.17, 15) is 16.8 Å². The zero-order valence-corrected chi connectivity index (χ0v) is 15.0. The molecule has 0 saturated heterocycles. The summed E-state index contributed by atoms with van der Waals surface area (Å²) in [5.41, 5.74) is 1.13. The van der Waals surface area contributed by atoms with Gasteiger partial charge in [0, 0.05) is 11.0 Å². The van der Waals surface area contributed by atoms with Gasteiger partial charge in [-0.25, -0.2) is 22.0 Å². The van der Waals surface area contributed by atoms with E-state index in [1.807, 2.05) is 0 Å². The predicted octanol–water partition coefficient (Wildman–Crippen LogP) is 1.85. The summed E-state index contributed by atoms with van der Waals surface area (Å²) in [6.45, 7) is 0.262. The van der Waals surface area contributed by atoms with Gasteiger partial charge in [-0.1, -0.05) is 22.0 Å². The fourth-order valence-electron chi connectivity index (χ4n) is 2.53. The van der Waals surface area contributed by atoms with Gasteiger partial charge in [0.2, 0.25) is 10.0 Å². The van der Waals surface area contributed by atoms with Crippen LogP contribution in [0.4, 0.5) is 5.69 Å². The van der Waals surface area contributed by atoms with Crippen molar-refractivity contribution < 1.29 is 16.8 Å². The summed E-state index contributed by atoms with van der Waals surface area (Å²) in [6.07, 6.45) is 0.436. The number of hydrogen-bond donors (Lipinski definition) is 1. The normalized spacial score (nSPS) is 14.8. The van der Waals surface area contributed by atoms with Crippen LogP contribution in [0.15, 0.2) is 56.7 Å².